The van der Waals surface area contributed by atoms with E-state index in [0.717, 1.165) is 33.6 Å². The Morgan fingerprint density at radius 1 is 1.03 bits per heavy atom. The van der Waals surface area contributed by atoms with Crippen LogP contribution >= 0.6 is 11.3 Å². The lowest BCUT2D eigenvalue weighted by Gasteiger charge is -2.13. The quantitative estimate of drug-likeness (QED) is 0.472. The molecule has 5 nitrogen and oxygen atoms in total. The van der Waals surface area contributed by atoms with Crippen molar-refractivity contribution < 1.29 is 4.79 Å². The van der Waals surface area contributed by atoms with Gasteiger partial charge >= 0.3 is 0 Å². The van der Waals surface area contributed by atoms with Crippen LogP contribution in [0.3, 0.4) is 0 Å². The minimum atomic E-state index is -0.521. The van der Waals surface area contributed by atoms with Crippen LogP contribution in [0.25, 0.3) is 17.3 Å². The van der Waals surface area contributed by atoms with E-state index in [0.29, 0.717) is 14.9 Å². The van der Waals surface area contributed by atoms with Gasteiger partial charge in [-0.1, -0.05) is 72.3 Å². The van der Waals surface area contributed by atoms with E-state index in [1.807, 2.05) is 93.6 Å². The summed E-state index contributed by atoms with van der Waals surface area (Å²) in [4.78, 5) is 26.8. The first-order valence-corrected chi connectivity index (χ1v) is 12.1. The summed E-state index contributed by atoms with van der Waals surface area (Å²) < 4.78 is 2.20. The highest BCUT2D eigenvalue weighted by Crippen LogP contribution is 2.13. The van der Waals surface area contributed by atoms with Crippen LogP contribution in [0, 0.1) is 25.2 Å². The van der Waals surface area contributed by atoms with Gasteiger partial charge in [0.05, 0.1) is 16.3 Å². The Morgan fingerprint density at radius 2 is 1.69 bits per heavy atom. The highest BCUT2D eigenvalue weighted by atomic mass is 32.1. The molecule has 3 aromatic carbocycles. The molecular weight excluding hydrogens is 454 g/mol. The van der Waals surface area contributed by atoms with Gasteiger partial charge in [0.1, 0.15) is 10.7 Å². The SMILES string of the molecule is Cc1ccc(/C=c2/s/c(=C(\C#N)C(=O)N[C@@H](C)c3ccccc3)n(-c3ccccc3)c2=O)c(C)c1. The van der Waals surface area contributed by atoms with E-state index in [2.05, 4.69) is 11.4 Å². The normalized spacial score (nSPS) is 13.1. The van der Waals surface area contributed by atoms with Gasteiger partial charge in [-0.25, -0.2) is 0 Å². The van der Waals surface area contributed by atoms with Gasteiger partial charge in [-0.2, -0.15) is 5.26 Å². The van der Waals surface area contributed by atoms with Gasteiger partial charge in [-0.05, 0) is 55.7 Å². The van der Waals surface area contributed by atoms with Crippen molar-refractivity contribution in [3.63, 3.8) is 0 Å². The molecule has 0 radical (unpaired) electrons. The third kappa shape index (κ3) is 5.16. The molecule has 1 amide bonds. The number of aromatic nitrogens is 1. The molecule has 1 atom stereocenters. The average molecular weight is 480 g/mol. The summed E-state index contributed by atoms with van der Waals surface area (Å²) in [6.07, 6.45) is 1.82. The Labute approximate surface area is 207 Å². The number of carbonyl (C=O) groups excluding carboxylic acids is 1. The monoisotopic (exact) mass is 479 g/mol. The third-order valence-corrected chi connectivity index (χ3v) is 6.84. The van der Waals surface area contributed by atoms with E-state index in [-0.39, 0.29) is 17.2 Å². The van der Waals surface area contributed by atoms with Crippen molar-refractivity contribution in [1.29, 1.82) is 5.26 Å². The highest BCUT2D eigenvalue weighted by molar-refractivity contribution is 7.07. The van der Waals surface area contributed by atoms with Gasteiger partial charge in [0.2, 0.25) is 0 Å². The molecule has 1 aromatic heterocycles. The number of carbonyl (C=O) groups is 1. The van der Waals surface area contributed by atoms with Crippen LogP contribution < -0.4 is 20.1 Å². The second-order valence-electron chi connectivity index (χ2n) is 8.34. The number of nitrogens with one attached hydrogen (secondary N) is 1. The molecule has 0 unspecified atom stereocenters. The molecule has 0 saturated carbocycles. The number of thiazole rings is 1. The Balaban J connectivity index is 1.91. The molecule has 0 aliphatic heterocycles. The topological polar surface area (TPSA) is 74.9 Å². The summed E-state index contributed by atoms with van der Waals surface area (Å²) in [5.74, 6) is -0.521. The maximum atomic E-state index is 13.5. The summed E-state index contributed by atoms with van der Waals surface area (Å²) >= 11 is 1.15. The molecular formula is C29H25N3O2S. The fourth-order valence-electron chi connectivity index (χ4n) is 3.88. The van der Waals surface area contributed by atoms with Crippen LogP contribution in [-0.2, 0) is 4.79 Å². The second kappa shape index (κ2) is 10.4. The summed E-state index contributed by atoms with van der Waals surface area (Å²) in [5, 5.41) is 12.9. The van der Waals surface area contributed by atoms with Gasteiger partial charge in [-0.3, -0.25) is 14.2 Å². The molecule has 4 rings (SSSR count). The lowest BCUT2D eigenvalue weighted by molar-refractivity contribution is -0.116. The highest BCUT2D eigenvalue weighted by Gasteiger charge is 2.19. The number of rotatable bonds is 5. The van der Waals surface area contributed by atoms with E-state index >= 15 is 0 Å². The van der Waals surface area contributed by atoms with Crippen LogP contribution in [0.2, 0.25) is 0 Å². The molecule has 1 heterocycles. The predicted octanol–water partition coefficient (Wildman–Crippen LogP) is 3.90. The maximum absolute atomic E-state index is 13.5. The number of amides is 1. The molecule has 6 heteroatoms. The zero-order chi connectivity index (χ0) is 24.9. The zero-order valence-electron chi connectivity index (χ0n) is 19.8. The zero-order valence-corrected chi connectivity index (χ0v) is 20.6. The van der Waals surface area contributed by atoms with Crippen molar-refractivity contribution in [2.75, 3.05) is 0 Å². The van der Waals surface area contributed by atoms with Crippen LogP contribution in [-0.4, -0.2) is 10.5 Å². The standard InChI is InChI=1S/C29H25N3O2S/c1-19-14-15-23(20(2)16-19)17-26-28(34)32(24-12-8-5-9-13-24)29(35-26)25(18-30)27(33)31-21(3)22-10-6-4-7-11-22/h4-17,21H,1-3H3,(H,31,33)/b26-17+,29-25+/t21-/m0/s1. The fraction of sp³-hybridized carbons (Fsp3) is 0.138. The molecule has 0 aliphatic rings. The number of nitrogens with zero attached hydrogens (tertiary/aromatic N) is 2. The number of benzene rings is 3. The Kier molecular flexibility index (Phi) is 7.09. The van der Waals surface area contributed by atoms with E-state index in [1.165, 1.54) is 4.57 Å². The first-order chi connectivity index (χ1) is 16.9. The van der Waals surface area contributed by atoms with Gasteiger partial charge in [0.15, 0.2) is 5.57 Å². The Hall–Kier alpha value is -4.21. The van der Waals surface area contributed by atoms with Crippen molar-refractivity contribution in [3.05, 3.63) is 121 Å². The number of nitriles is 1. The summed E-state index contributed by atoms with van der Waals surface area (Å²) in [6.45, 7) is 5.88. The molecule has 4 aromatic rings. The molecule has 1 N–H and O–H groups in total. The number of hydrogen-bond donors (Lipinski definition) is 1. The van der Waals surface area contributed by atoms with Crippen molar-refractivity contribution in [2.45, 2.75) is 26.8 Å². The molecule has 0 fully saturated rings. The fourth-order valence-corrected chi connectivity index (χ4v) is 4.97. The smallest absolute Gasteiger partial charge is 0.273 e. The van der Waals surface area contributed by atoms with Gasteiger partial charge in [-0.15, -0.1) is 11.3 Å². The second-order valence-corrected chi connectivity index (χ2v) is 9.38. The maximum Gasteiger partial charge on any atom is 0.273 e. The molecule has 0 spiro atoms. The number of para-hydroxylation sites is 1. The van der Waals surface area contributed by atoms with Gasteiger partial charge in [0.25, 0.3) is 11.5 Å². The van der Waals surface area contributed by atoms with Crippen molar-refractivity contribution >= 4 is 28.9 Å². The molecule has 0 aliphatic carbocycles. The number of hydrogen-bond acceptors (Lipinski definition) is 4. The summed E-state index contributed by atoms with van der Waals surface area (Å²) in [6, 6.07) is 26.4. The van der Waals surface area contributed by atoms with E-state index in [1.54, 1.807) is 12.1 Å². The first kappa shape index (κ1) is 23.9. The van der Waals surface area contributed by atoms with E-state index in [9.17, 15) is 14.9 Å². The summed E-state index contributed by atoms with van der Waals surface area (Å²) in [7, 11) is 0. The van der Waals surface area contributed by atoms with Gasteiger partial charge < -0.3 is 5.32 Å². The molecule has 0 bridgehead atoms. The van der Waals surface area contributed by atoms with Crippen LogP contribution in [0.5, 0.6) is 0 Å². The molecule has 174 valence electrons. The van der Waals surface area contributed by atoms with Crippen molar-refractivity contribution in [1.82, 2.24) is 9.88 Å². The summed E-state index contributed by atoms with van der Waals surface area (Å²) in [5.41, 5.74) is 4.25. The largest absolute Gasteiger partial charge is 0.345 e. The minimum absolute atomic E-state index is 0.0981. The van der Waals surface area contributed by atoms with Crippen LogP contribution in [0.1, 0.15) is 35.2 Å². The number of aryl methyl sites for hydroxylation is 2. The predicted molar refractivity (Wildman–Crippen MR) is 141 cm³/mol. The minimum Gasteiger partial charge on any atom is -0.345 e. The van der Waals surface area contributed by atoms with Crippen LogP contribution in [0.15, 0.2) is 83.7 Å². The lowest BCUT2D eigenvalue weighted by atomic mass is 10.1. The van der Waals surface area contributed by atoms with E-state index < -0.39 is 5.91 Å². The Bertz CT molecular complexity index is 1590. The van der Waals surface area contributed by atoms with E-state index in [4.69, 9.17) is 0 Å². The van der Waals surface area contributed by atoms with Gasteiger partial charge in [0, 0.05) is 0 Å². The van der Waals surface area contributed by atoms with Crippen molar-refractivity contribution in [3.8, 4) is 11.8 Å². The van der Waals surface area contributed by atoms with Crippen molar-refractivity contribution in [2.24, 2.45) is 0 Å². The molecule has 35 heavy (non-hydrogen) atoms. The Morgan fingerprint density at radius 3 is 2.31 bits per heavy atom. The lowest BCUT2D eigenvalue weighted by Crippen LogP contribution is -2.34. The first-order valence-electron chi connectivity index (χ1n) is 11.3. The van der Waals surface area contributed by atoms with Crippen LogP contribution in [0.4, 0.5) is 0 Å². The molecule has 0 saturated heterocycles. The third-order valence-electron chi connectivity index (χ3n) is 5.75. The average Bonchev–Trinajstić information content (AvgIpc) is 3.17.